The molecule has 0 saturated heterocycles. The second kappa shape index (κ2) is 10.4. The van der Waals surface area contributed by atoms with Gasteiger partial charge < -0.3 is 20.9 Å². The number of aryl methyl sites for hydroxylation is 2. The van der Waals surface area contributed by atoms with Crippen molar-refractivity contribution in [3.63, 3.8) is 0 Å². The molecule has 0 aliphatic carbocycles. The molecule has 36 heavy (non-hydrogen) atoms. The van der Waals surface area contributed by atoms with Gasteiger partial charge in [-0.05, 0) is 44.2 Å². The van der Waals surface area contributed by atoms with Crippen molar-refractivity contribution in [2.24, 2.45) is 5.18 Å². The molecule has 4 amide bonds. The van der Waals surface area contributed by atoms with E-state index >= 15 is 0 Å². The molecular formula is C27H27N5O4. The second-order valence-corrected chi connectivity index (χ2v) is 8.77. The molecule has 3 N–H and O–H groups in total. The summed E-state index contributed by atoms with van der Waals surface area (Å²) in [4.78, 5) is 52.3. The highest BCUT2D eigenvalue weighted by molar-refractivity contribution is 6.12. The van der Waals surface area contributed by atoms with Gasteiger partial charge in [-0.1, -0.05) is 58.8 Å². The van der Waals surface area contributed by atoms with Gasteiger partial charge >= 0.3 is 6.03 Å². The van der Waals surface area contributed by atoms with Crippen LogP contribution >= 0.6 is 0 Å². The number of nitroso groups, excluding NO2 is 1. The Morgan fingerprint density at radius 3 is 2.06 bits per heavy atom. The van der Waals surface area contributed by atoms with Crippen molar-refractivity contribution in [1.29, 1.82) is 0 Å². The summed E-state index contributed by atoms with van der Waals surface area (Å²) < 4.78 is 0. The predicted molar refractivity (Wildman–Crippen MR) is 139 cm³/mol. The lowest BCUT2D eigenvalue weighted by Gasteiger charge is -2.29. The molecule has 9 heteroatoms. The lowest BCUT2D eigenvalue weighted by Crippen LogP contribution is -2.56. The molecule has 1 aliphatic heterocycles. The van der Waals surface area contributed by atoms with Gasteiger partial charge in [-0.3, -0.25) is 9.59 Å². The van der Waals surface area contributed by atoms with E-state index in [1.54, 1.807) is 48.5 Å². The van der Waals surface area contributed by atoms with Crippen LogP contribution in [0.25, 0.3) is 0 Å². The summed E-state index contributed by atoms with van der Waals surface area (Å²) >= 11 is 0. The summed E-state index contributed by atoms with van der Waals surface area (Å²) in [5.41, 5.74) is 2.50. The van der Waals surface area contributed by atoms with E-state index in [1.807, 2.05) is 38.1 Å². The van der Waals surface area contributed by atoms with Crippen molar-refractivity contribution in [2.75, 3.05) is 28.6 Å². The van der Waals surface area contributed by atoms with E-state index < -0.39 is 23.4 Å². The van der Waals surface area contributed by atoms with Crippen molar-refractivity contribution in [2.45, 2.75) is 25.8 Å². The summed E-state index contributed by atoms with van der Waals surface area (Å²) in [5, 5.41) is 11.2. The largest absolute Gasteiger partial charge is 0.326 e. The molecule has 0 spiro atoms. The molecule has 3 aromatic rings. The number of benzene rings is 3. The minimum Gasteiger partial charge on any atom is -0.326 e. The molecule has 0 saturated carbocycles. The number of anilines is 3. The Morgan fingerprint density at radius 1 is 0.861 bits per heavy atom. The van der Waals surface area contributed by atoms with Gasteiger partial charge in [0.25, 0.3) is 5.91 Å². The number of carbonyl (C=O) groups is 3. The Hall–Kier alpha value is -4.53. The Kier molecular flexibility index (Phi) is 7.10. The van der Waals surface area contributed by atoms with Crippen molar-refractivity contribution in [3.8, 4) is 0 Å². The smallest absolute Gasteiger partial charge is 0.320 e. The van der Waals surface area contributed by atoms with Gasteiger partial charge in [0.15, 0.2) is 5.54 Å². The van der Waals surface area contributed by atoms with Gasteiger partial charge in [0.1, 0.15) is 0 Å². The number of nitrogens with zero attached hydrogens (tertiary/aromatic N) is 2. The maximum atomic E-state index is 13.8. The maximum absolute atomic E-state index is 13.8. The van der Waals surface area contributed by atoms with Gasteiger partial charge in [-0.25, -0.2) is 4.79 Å². The Balaban J connectivity index is 1.67. The number of rotatable bonds is 8. The van der Waals surface area contributed by atoms with E-state index in [1.165, 1.54) is 4.90 Å². The fourth-order valence-electron chi connectivity index (χ4n) is 4.30. The lowest BCUT2D eigenvalue weighted by molar-refractivity contribution is -0.128. The topological polar surface area (TPSA) is 120 Å². The Morgan fingerprint density at radius 2 is 1.44 bits per heavy atom. The number of carbonyl (C=O) groups excluding carboxylic acids is 3. The number of fused-ring (bicyclic) bond motifs is 1. The van der Waals surface area contributed by atoms with Crippen LogP contribution in [0.4, 0.5) is 21.9 Å². The number of hydrogen-bond donors (Lipinski definition) is 3. The molecular weight excluding hydrogens is 458 g/mol. The summed E-state index contributed by atoms with van der Waals surface area (Å²) in [7, 11) is 0. The van der Waals surface area contributed by atoms with E-state index in [-0.39, 0.29) is 19.5 Å². The van der Waals surface area contributed by atoms with Crippen molar-refractivity contribution in [3.05, 3.63) is 94.4 Å². The van der Waals surface area contributed by atoms with E-state index in [2.05, 4.69) is 21.1 Å². The molecule has 0 fully saturated rings. The van der Waals surface area contributed by atoms with Gasteiger partial charge in [0.2, 0.25) is 5.91 Å². The third-order valence-corrected chi connectivity index (χ3v) is 6.08. The number of para-hydroxylation sites is 1. The molecule has 0 radical (unpaired) electrons. The lowest BCUT2D eigenvalue weighted by atomic mass is 9.87. The van der Waals surface area contributed by atoms with E-state index in [9.17, 15) is 19.3 Å². The number of nitrogens with one attached hydrogen (secondary N) is 3. The zero-order chi connectivity index (χ0) is 25.7. The molecule has 1 aliphatic rings. The highest BCUT2D eigenvalue weighted by atomic mass is 16.3. The van der Waals surface area contributed by atoms with Crippen LogP contribution in [0.3, 0.4) is 0 Å². The van der Waals surface area contributed by atoms with E-state index in [0.29, 0.717) is 22.6 Å². The summed E-state index contributed by atoms with van der Waals surface area (Å²) in [6, 6.07) is 20.7. The molecule has 4 rings (SSSR count). The van der Waals surface area contributed by atoms with Crippen LogP contribution in [0, 0.1) is 18.8 Å². The first-order valence-corrected chi connectivity index (χ1v) is 11.6. The van der Waals surface area contributed by atoms with Crippen LogP contribution in [-0.2, 0) is 15.1 Å². The summed E-state index contributed by atoms with van der Waals surface area (Å²) in [6.45, 7) is 3.78. The van der Waals surface area contributed by atoms with Gasteiger partial charge in [0, 0.05) is 29.2 Å². The van der Waals surface area contributed by atoms with Crippen LogP contribution in [0.5, 0.6) is 0 Å². The quantitative estimate of drug-likeness (QED) is 0.408. The fraction of sp³-hybridized carbons (Fsp3) is 0.222. The third-order valence-electron chi connectivity index (χ3n) is 6.08. The second-order valence-electron chi connectivity index (χ2n) is 8.77. The van der Waals surface area contributed by atoms with Gasteiger partial charge in [0.05, 0.1) is 13.0 Å². The molecule has 1 heterocycles. The van der Waals surface area contributed by atoms with Crippen molar-refractivity contribution < 1.29 is 14.4 Å². The SMILES string of the molecule is Cc1ccc(NC(=O)CC2(NC(=O)Nc3ccc(C)cc3)C(=O)N(CCN=O)c3ccccc32)cc1. The zero-order valence-corrected chi connectivity index (χ0v) is 20.1. The number of amides is 4. The monoisotopic (exact) mass is 485 g/mol. The van der Waals surface area contributed by atoms with Gasteiger partial charge in [-0.2, -0.15) is 4.91 Å². The maximum Gasteiger partial charge on any atom is 0.320 e. The fourth-order valence-corrected chi connectivity index (χ4v) is 4.30. The first-order chi connectivity index (χ1) is 17.3. The number of urea groups is 1. The zero-order valence-electron chi connectivity index (χ0n) is 20.1. The highest BCUT2D eigenvalue weighted by Gasteiger charge is 2.53. The van der Waals surface area contributed by atoms with E-state index in [4.69, 9.17) is 0 Å². The van der Waals surface area contributed by atoms with Crippen molar-refractivity contribution >= 4 is 34.9 Å². The summed E-state index contributed by atoms with van der Waals surface area (Å²) in [5.74, 6) is -0.960. The van der Waals surface area contributed by atoms with Crippen LogP contribution < -0.4 is 20.9 Å². The van der Waals surface area contributed by atoms with Crippen LogP contribution in [0.15, 0.2) is 78.0 Å². The van der Waals surface area contributed by atoms with Crippen LogP contribution in [0.1, 0.15) is 23.1 Å². The standard InChI is InChI=1S/C27H27N5O4/c1-18-7-11-20(12-8-18)29-24(33)17-27(31-26(35)30-21-13-9-19(2)10-14-21)22-5-3-4-6-23(22)32(25(27)34)16-15-28-36/h3-14H,15-17H2,1-2H3,(H,29,33)(H2,30,31,35). The highest BCUT2D eigenvalue weighted by Crippen LogP contribution is 2.42. The van der Waals surface area contributed by atoms with Gasteiger partial charge in [-0.15, -0.1) is 0 Å². The average molecular weight is 486 g/mol. The normalized spacial score (nSPS) is 16.3. The first-order valence-electron chi connectivity index (χ1n) is 11.6. The van der Waals surface area contributed by atoms with Crippen molar-refractivity contribution in [1.82, 2.24) is 5.32 Å². The number of hydrogen-bond acceptors (Lipinski definition) is 5. The van der Waals surface area contributed by atoms with Crippen LogP contribution in [-0.4, -0.2) is 30.9 Å². The van der Waals surface area contributed by atoms with Crippen LogP contribution in [0.2, 0.25) is 0 Å². The molecule has 0 aromatic heterocycles. The first kappa shape index (κ1) is 24.6. The summed E-state index contributed by atoms with van der Waals surface area (Å²) in [6.07, 6.45) is -0.344. The Bertz CT molecular complexity index is 1230. The minimum absolute atomic E-state index is 0.0297. The minimum atomic E-state index is -1.68. The Labute approximate surface area is 208 Å². The molecule has 0 bridgehead atoms. The molecule has 184 valence electrons. The third kappa shape index (κ3) is 5.10. The molecule has 1 atom stereocenters. The average Bonchev–Trinajstić information content (AvgIpc) is 3.07. The molecule has 1 unspecified atom stereocenters. The molecule has 3 aromatic carbocycles. The predicted octanol–water partition coefficient (Wildman–Crippen LogP) is 4.46. The molecule has 9 nitrogen and oxygen atoms in total. The van der Waals surface area contributed by atoms with E-state index in [0.717, 1.165) is 11.1 Å².